The molecule has 3 rings (SSSR count). The van der Waals surface area contributed by atoms with Crippen molar-refractivity contribution in [3.8, 4) is 5.75 Å². The van der Waals surface area contributed by atoms with E-state index in [0.717, 1.165) is 30.7 Å². The maximum Gasteiger partial charge on any atom is 0.317 e. The lowest BCUT2D eigenvalue weighted by atomic mass is 9.98. The standard InChI is InChI=1S/C18H24N4O3/c1-13-5-3-7-15(11-13)24-10-8-16-20-17(25-21-16)14-6-4-9-22(12-14)18(23)19-2/h3,5,7,11,14H,4,6,8-10,12H2,1-2H3,(H,19,23). The zero-order valence-electron chi connectivity index (χ0n) is 14.7. The monoisotopic (exact) mass is 344 g/mol. The molecule has 2 aromatic rings. The maximum atomic E-state index is 11.8. The highest BCUT2D eigenvalue weighted by molar-refractivity contribution is 5.73. The van der Waals surface area contributed by atoms with Crippen LogP contribution >= 0.6 is 0 Å². The van der Waals surface area contributed by atoms with Gasteiger partial charge in [0.2, 0.25) is 5.89 Å². The molecule has 1 atom stereocenters. The van der Waals surface area contributed by atoms with Crippen molar-refractivity contribution in [1.29, 1.82) is 0 Å². The van der Waals surface area contributed by atoms with Gasteiger partial charge in [-0.1, -0.05) is 17.3 Å². The predicted molar refractivity (Wildman–Crippen MR) is 92.7 cm³/mol. The smallest absolute Gasteiger partial charge is 0.317 e. The lowest BCUT2D eigenvalue weighted by Crippen LogP contribution is -2.43. The van der Waals surface area contributed by atoms with Gasteiger partial charge in [-0.3, -0.25) is 0 Å². The van der Waals surface area contributed by atoms with Crippen molar-refractivity contribution >= 4 is 6.03 Å². The molecule has 1 aromatic heterocycles. The second-order valence-electron chi connectivity index (χ2n) is 6.30. The number of ether oxygens (including phenoxy) is 1. The van der Waals surface area contributed by atoms with Crippen molar-refractivity contribution < 1.29 is 14.1 Å². The number of hydrogen-bond acceptors (Lipinski definition) is 5. The molecule has 0 saturated carbocycles. The topological polar surface area (TPSA) is 80.5 Å². The van der Waals surface area contributed by atoms with E-state index in [9.17, 15) is 4.79 Å². The maximum absolute atomic E-state index is 11.8. The van der Waals surface area contributed by atoms with E-state index in [0.29, 0.717) is 31.3 Å². The number of aryl methyl sites for hydroxylation is 1. The second-order valence-corrected chi connectivity index (χ2v) is 6.30. The van der Waals surface area contributed by atoms with Gasteiger partial charge in [-0.15, -0.1) is 0 Å². The van der Waals surface area contributed by atoms with Gasteiger partial charge in [0.15, 0.2) is 5.82 Å². The largest absolute Gasteiger partial charge is 0.493 e. The number of nitrogens with zero attached hydrogens (tertiary/aromatic N) is 3. The number of rotatable bonds is 5. The summed E-state index contributed by atoms with van der Waals surface area (Å²) in [6.45, 7) is 3.91. The fourth-order valence-electron chi connectivity index (χ4n) is 3.02. The van der Waals surface area contributed by atoms with E-state index < -0.39 is 0 Å². The Morgan fingerprint density at radius 3 is 3.16 bits per heavy atom. The van der Waals surface area contributed by atoms with Crippen LogP contribution in [0.1, 0.15) is 36.0 Å². The molecule has 7 nitrogen and oxygen atoms in total. The first-order chi connectivity index (χ1) is 12.2. The van der Waals surface area contributed by atoms with Gasteiger partial charge in [0.1, 0.15) is 5.75 Å². The number of nitrogens with one attached hydrogen (secondary N) is 1. The number of carbonyl (C=O) groups excluding carboxylic acids is 1. The van der Waals surface area contributed by atoms with E-state index in [1.807, 2.05) is 31.2 Å². The third-order valence-electron chi connectivity index (χ3n) is 4.34. The average molecular weight is 344 g/mol. The van der Waals surface area contributed by atoms with Crippen molar-refractivity contribution in [1.82, 2.24) is 20.4 Å². The van der Waals surface area contributed by atoms with Gasteiger partial charge in [0.25, 0.3) is 0 Å². The molecule has 2 amide bonds. The van der Waals surface area contributed by atoms with Gasteiger partial charge in [-0.2, -0.15) is 4.98 Å². The molecule has 0 spiro atoms. The van der Waals surface area contributed by atoms with Gasteiger partial charge < -0.3 is 19.5 Å². The van der Waals surface area contributed by atoms with E-state index in [1.165, 1.54) is 0 Å². The first-order valence-electron chi connectivity index (χ1n) is 8.64. The molecular formula is C18H24N4O3. The number of benzene rings is 1. The average Bonchev–Trinajstić information content (AvgIpc) is 3.10. The normalized spacial score (nSPS) is 17.4. The summed E-state index contributed by atoms with van der Waals surface area (Å²) in [7, 11) is 1.64. The number of carbonyl (C=O) groups is 1. The van der Waals surface area contributed by atoms with Crippen LogP contribution in [0.25, 0.3) is 0 Å². The van der Waals surface area contributed by atoms with Crippen LogP contribution in [0, 0.1) is 6.92 Å². The van der Waals surface area contributed by atoms with Gasteiger partial charge in [0.05, 0.1) is 12.5 Å². The minimum Gasteiger partial charge on any atom is -0.493 e. The third kappa shape index (κ3) is 4.49. The number of amides is 2. The fraction of sp³-hybridized carbons (Fsp3) is 0.500. The summed E-state index contributed by atoms with van der Waals surface area (Å²) in [5, 5.41) is 6.71. The van der Waals surface area contributed by atoms with Gasteiger partial charge in [-0.25, -0.2) is 4.79 Å². The predicted octanol–water partition coefficient (Wildman–Crippen LogP) is 2.52. The highest BCUT2D eigenvalue weighted by atomic mass is 16.5. The van der Waals surface area contributed by atoms with E-state index >= 15 is 0 Å². The summed E-state index contributed by atoms with van der Waals surface area (Å²) in [6.07, 6.45) is 2.48. The zero-order valence-corrected chi connectivity index (χ0v) is 14.7. The fourth-order valence-corrected chi connectivity index (χ4v) is 3.02. The number of likely N-dealkylation sites (tertiary alicyclic amines) is 1. The summed E-state index contributed by atoms with van der Waals surface area (Å²) in [5.74, 6) is 2.20. The zero-order chi connectivity index (χ0) is 17.6. The molecule has 134 valence electrons. The van der Waals surface area contributed by atoms with Crippen LogP contribution in [0.5, 0.6) is 5.75 Å². The first-order valence-corrected chi connectivity index (χ1v) is 8.64. The molecule has 1 fully saturated rings. The molecule has 1 saturated heterocycles. The highest BCUT2D eigenvalue weighted by Crippen LogP contribution is 2.25. The SMILES string of the molecule is CNC(=O)N1CCCC(c2nc(CCOc3cccc(C)c3)no2)C1. The Morgan fingerprint density at radius 1 is 1.48 bits per heavy atom. The Bertz CT molecular complexity index is 716. The molecular weight excluding hydrogens is 320 g/mol. The first kappa shape index (κ1) is 17.3. The molecule has 1 aliphatic rings. The molecule has 2 heterocycles. The third-order valence-corrected chi connectivity index (χ3v) is 4.34. The van der Waals surface area contributed by atoms with E-state index in [4.69, 9.17) is 9.26 Å². The number of urea groups is 1. The molecule has 1 N–H and O–H groups in total. The van der Waals surface area contributed by atoms with Crippen molar-refractivity contribution in [2.45, 2.75) is 32.1 Å². The Balaban J connectivity index is 1.52. The van der Waals surface area contributed by atoms with Crippen LogP contribution in [0.15, 0.2) is 28.8 Å². The van der Waals surface area contributed by atoms with Gasteiger partial charge >= 0.3 is 6.03 Å². The van der Waals surface area contributed by atoms with E-state index in [1.54, 1.807) is 11.9 Å². The molecule has 25 heavy (non-hydrogen) atoms. The summed E-state index contributed by atoms with van der Waals surface area (Å²) < 4.78 is 11.1. The lowest BCUT2D eigenvalue weighted by molar-refractivity contribution is 0.174. The minimum atomic E-state index is -0.0593. The number of aromatic nitrogens is 2. The lowest BCUT2D eigenvalue weighted by Gasteiger charge is -2.30. The van der Waals surface area contributed by atoms with E-state index in [-0.39, 0.29) is 11.9 Å². The van der Waals surface area contributed by atoms with Crippen molar-refractivity contribution in [3.63, 3.8) is 0 Å². The van der Waals surface area contributed by atoms with Gasteiger partial charge in [-0.05, 0) is 37.5 Å². The molecule has 1 aromatic carbocycles. The molecule has 1 unspecified atom stereocenters. The Hall–Kier alpha value is -2.57. The van der Waals surface area contributed by atoms with Crippen molar-refractivity contribution in [2.24, 2.45) is 0 Å². The number of piperidine rings is 1. The van der Waals surface area contributed by atoms with E-state index in [2.05, 4.69) is 15.5 Å². The summed E-state index contributed by atoms with van der Waals surface area (Å²) in [4.78, 5) is 18.1. The van der Waals surface area contributed by atoms with Crippen LogP contribution in [-0.4, -0.2) is 47.8 Å². The summed E-state index contributed by atoms with van der Waals surface area (Å²) in [6, 6.07) is 7.88. The Morgan fingerprint density at radius 2 is 2.36 bits per heavy atom. The Kier molecular flexibility index (Phi) is 5.53. The van der Waals surface area contributed by atoms with Crippen LogP contribution in [-0.2, 0) is 6.42 Å². The molecule has 0 radical (unpaired) electrons. The quantitative estimate of drug-likeness (QED) is 0.901. The summed E-state index contributed by atoms with van der Waals surface area (Å²) in [5.41, 5.74) is 1.16. The molecule has 0 aliphatic carbocycles. The van der Waals surface area contributed by atoms with Crippen LogP contribution < -0.4 is 10.1 Å². The van der Waals surface area contributed by atoms with Crippen molar-refractivity contribution in [2.75, 3.05) is 26.7 Å². The van der Waals surface area contributed by atoms with Crippen molar-refractivity contribution in [3.05, 3.63) is 41.5 Å². The second kappa shape index (κ2) is 8.00. The minimum absolute atomic E-state index is 0.0593. The Labute approximate surface area is 147 Å². The van der Waals surface area contributed by atoms with Crippen LogP contribution in [0.3, 0.4) is 0 Å². The molecule has 1 aliphatic heterocycles. The van der Waals surface area contributed by atoms with Gasteiger partial charge in [0, 0.05) is 26.6 Å². The molecule has 7 heteroatoms. The van der Waals surface area contributed by atoms with Crippen LogP contribution in [0.2, 0.25) is 0 Å². The van der Waals surface area contributed by atoms with Crippen LogP contribution in [0.4, 0.5) is 4.79 Å². The number of hydrogen-bond donors (Lipinski definition) is 1. The molecule has 0 bridgehead atoms. The summed E-state index contributed by atoms with van der Waals surface area (Å²) >= 11 is 0. The highest BCUT2D eigenvalue weighted by Gasteiger charge is 2.28.